The predicted octanol–water partition coefficient (Wildman–Crippen LogP) is 4.71. The zero-order valence-electron chi connectivity index (χ0n) is 14.3. The number of esters is 1. The first-order chi connectivity index (χ1) is 11.5. The van der Waals surface area contributed by atoms with Gasteiger partial charge in [-0.05, 0) is 59.0 Å². The molecule has 0 saturated heterocycles. The van der Waals surface area contributed by atoms with Gasteiger partial charge in [0.2, 0.25) is 0 Å². The fourth-order valence-corrected chi connectivity index (χ4v) is 3.09. The van der Waals surface area contributed by atoms with Gasteiger partial charge in [0.05, 0.1) is 10.0 Å². The molecule has 0 saturated carbocycles. The smallest absolute Gasteiger partial charge is 0.340 e. The lowest BCUT2D eigenvalue weighted by Crippen LogP contribution is -2.13. The molecule has 2 rings (SSSR count). The SMILES string of the molecule is COCOC(=O)c1c(C)c(C)c(OCc2ccccc2)c(Br)c1C. The molecule has 4 nitrogen and oxygen atoms in total. The maximum Gasteiger partial charge on any atom is 0.340 e. The molecule has 0 aliphatic rings. The highest BCUT2D eigenvalue weighted by Gasteiger charge is 2.22. The summed E-state index contributed by atoms with van der Waals surface area (Å²) in [5.74, 6) is 0.349. The molecule has 0 bridgehead atoms. The Kier molecular flexibility index (Phi) is 6.40. The van der Waals surface area contributed by atoms with Crippen LogP contribution in [0.2, 0.25) is 0 Å². The first-order valence-corrected chi connectivity index (χ1v) is 8.38. The molecule has 128 valence electrons. The van der Waals surface area contributed by atoms with Gasteiger partial charge in [0.25, 0.3) is 0 Å². The van der Waals surface area contributed by atoms with Crippen LogP contribution in [-0.2, 0) is 16.1 Å². The molecule has 5 heteroatoms. The van der Waals surface area contributed by atoms with Crippen LogP contribution in [0, 0.1) is 20.8 Å². The molecule has 24 heavy (non-hydrogen) atoms. The van der Waals surface area contributed by atoms with E-state index in [4.69, 9.17) is 14.2 Å². The van der Waals surface area contributed by atoms with Gasteiger partial charge in [0.1, 0.15) is 12.4 Å². The fraction of sp³-hybridized carbons (Fsp3) is 0.316. The maximum absolute atomic E-state index is 12.3. The van der Waals surface area contributed by atoms with Crippen LogP contribution in [0.4, 0.5) is 0 Å². The summed E-state index contributed by atoms with van der Waals surface area (Å²) < 4.78 is 16.7. The Bertz CT molecular complexity index is 697. The first-order valence-electron chi connectivity index (χ1n) is 7.59. The summed E-state index contributed by atoms with van der Waals surface area (Å²) >= 11 is 3.56. The van der Waals surface area contributed by atoms with Crippen LogP contribution >= 0.6 is 15.9 Å². The lowest BCUT2D eigenvalue weighted by Gasteiger charge is -2.19. The van der Waals surface area contributed by atoms with Crippen molar-refractivity contribution < 1.29 is 19.0 Å². The third-order valence-electron chi connectivity index (χ3n) is 3.92. The molecule has 0 aromatic heterocycles. The summed E-state index contributed by atoms with van der Waals surface area (Å²) in [6, 6.07) is 9.95. The third-order valence-corrected chi connectivity index (χ3v) is 4.87. The van der Waals surface area contributed by atoms with Gasteiger partial charge in [0, 0.05) is 7.11 Å². The summed E-state index contributed by atoms with van der Waals surface area (Å²) in [4.78, 5) is 12.3. The van der Waals surface area contributed by atoms with Crippen LogP contribution in [0.25, 0.3) is 0 Å². The van der Waals surface area contributed by atoms with Crippen molar-refractivity contribution in [1.82, 2.24) is 0 Å². The molecule has 2 aromatic carbocycles. The highest BCUT2D eigenvalue weighted by atomic mass is 79.9. The molecule has 0 fully saturated rings. The summed E-state index contributed by atoms with van der Waals surface area (Å²) in [6.45, 7) is 6.10. The topological polar surface area (TPSA) is 44.8 Å². The van der Waals surface area contributed by atoms with Crippen LogP contribution in [-0.4, -0.2) is 19.9 Å². The fourth-order valence-electron chi connectivity index (χ4n) is 2.48. The van der Waals surface area contributed by atoms with Crippen LogP contribution in [0.1, 0.15) is 32.6 Å². The molecule has 0 radical (unpaired) electrons. The minimum Gasteiger partial charge on any atom is -0.487 e. The molecule has 0 aliphatic carbocycles. The van der Waals surface area contributed by atoms with Crippen LogP contribution in [0.3, 0.4) is 0 Å². The number of rotatable bonds is 6. The van der Waals surface area contributed by atoms with E-state index in [-0.39, 0.29) is 6.79 Å². The molecular weight excluding hydrogens is 372 g/mol. The number of methoxy groups -OCH3 is 1. The molecule has 0 aliphatic heterocycles. The number of benzene rings is 2. The zero-order chi connectivity index (χ0) is 17.7. The molecule has 0 unspecified atom stereocenters. The highest BCUT2D eigenvalue weighted by molar-refractivity contribution is 9.10. The van der Waals surface area contributed by atoms with Gasteiger partial charge in [-0.25, -0.2) is 4.79 Å². The molecular formula is C19H21BrO4. The van der Waals surface area contributed by atoms with E-state index in [1.54, 1.807) is 0 Å². The Morgan fingerprint density at radius 2 is 1.71 bits per heavy atom. The Balaban J connectivity index is 2.32. The van der Waals surface area contributed by atoms with E-state index in [1.807, 2.05) is 51.1 Å². The van der Waals surface area contributed by atoms with Crippen molar-refractivity contribution in [2.24, 2.45) is 0 Å². The van der Waals surface area contributed by atoms with E-state index >= 15 is 0 Å². The minimum atomic E-state index is -0.398. The minimum absolute atomic E-state index is 0.0688. The lowest BCUT2D eigenvalue weighted by atomic mass is 9.97. The second kappa shape index (κ2) is 8.31. The van der Waals surface area contributed by atoms with Crippen molar-refractivity contribution in [2.45, 2.75) is 27.4 Å². The summed E-state index contributed by atoms with van der Waals surface area (Å²) in [5.41, 5.74) is 4.18. The molecule has 0 atom stereocenters. The van der Waals surface area contributed by atoms with Gasteiger partial charge in [0.15, 0.2) is 6.79 Å². The van der Waals surface area contributed by atoms with Crippen LogP contribution in [0.15, 0.2) is 34.8 Å². The van der Waals surface area contributed by atoms with E-state index in [1.165, 1.54) is 7.11 Å². The van der Waals surface area contributed by atoms with Crippen LogP contribution < -0.4 is 4.74 Å². The van der Waals surface area contributed by atoms with Crippen molar-refractivity contribution >= 4 is 21.9 Å². The van der Waals surface area contributed by atoms with E-state index < -0.39 is 5.97 Å². The average molecular weight is 393 g/mol. The summed E-state index contributed by atoms with van der Waals surface area (Å²) in [6.07, 6.45) is 0. The normalized spacial score (nSPS) is 10.5. The Morgan fingerprint density at radius 1 is 1.04 bits per heavy atom. The van der Waals surface area contributed by atoms with Crippen LogP contribution in [0.5, 0.6) is 5.75 Å². The highest BCUT2D eigenvalue weighted by Crippen LogP contribution is 2.38. The van der Waals surface area contributed by atoms with E-state index in [0.717, 1.165) is 32.5 Å². The van der Waals surface area contributed by atoms with Gasteiger partial charge in [-0.15, -0.1) is 0 Å². The standard InChI is InChI=1S/C19H21BrO4/c1-12-13(2)18(23-10-15-8-6-5-7-9-15)17(20)14(3)16(12)19(21)24-11-22-4/h5-9H,10-11H2,1-4H3. The number of carbonyl (C=O) groups excluding carboxylic acids is 1. The zero-order valence-corrected chi connectivity index (χ0v) is 15.9. The Morgan fingerprint density at radius 3 is 2.33 bits per heavy atom. The number of halogens is 1. The molecule has 0 spiro atoms. The molecule has 2 aromatic rings. The molecule has 0 heterocycles. The second-order valence-electron chi connectivity index (χ2n) is 5.51. The summed E-state index contributed by atoms with van der Waals surface area (Å²) in [5, 5.41) is 0. The van der Waals surface area contributed by atoms with Crippen molar-refractivity contribution in [2.75, 3.05) is 13.9 Å². The van der Waals surface area contributed by atoms with Crippen molar-refractivity contribution in [3.63, 3.8) is 0 Å². The monoisotopic (exact) mass is 392 g/mol. The van der Waals surface area contributed by atoms with E-state index in [2.05, 4.69) is 15.9 Å². The van der Waals surface area contributed by atoms with Gasteiger partial charge in [-0.3, -0.25) is 0 Å². The Labute approximate surface area is 150 Å². The molecule has 0 N–H and O–H groups in total. The number of ether oxygens (including phenoxy) is 3. The van der Waals surface area contributed by atoms with Crippen molar-refractivity contribution in [3.05, 3.63) is 62.6 Å². The second-order valence-corrected chi connectivity index (χ2v) is 6.30. The van der Waals surface area contributed by atoms with Crippen molar-refractivity contribution in [1.29, 1.82) is 0 Å². The van der Waals surface area contributed by atoms with E-state index in [9.17, 15) is 4.79 Å². The largest absolute Gasteiger partial charge is 0.487 e. The van der Waals surface area contributed by atoms with Gasteiger partial charge >= 0.3 is 5.97 Å². The van der Waals surface area contributed by atoms with Gasteiger partial charge in [-0.2, -0.15) is 0 Å². The average Bonchev–Trinajstić information content (AvgIpc) is 2.59. The quantitative estimate of drug-likeness (QED) is 0.527. The summed E-state index contributed by atoms with van der Waals surface area (Å²) in [7, 11) is 1.48. The molecule has 0 amide bonds. The lowest BCUT2D eigenvalue weighted by molar-refractivity contribution is -0.0126. The Hall–Kier alpha value is -1.85. The predicted molar refractivity (Wildman–Crippen MR) is 96.4 cm³/mol. The van der Waals surface area contributed by atoms with Gasteiger partial charge in [-0.1, -0.05) is 30.3 Å². The number of hydrogen-bond donors (Lipinski definition) is 0. The number of hydrogen-bond acceptors (Lipinski definition) is 4. The number of carbonyl (C=O) groups is 1. The maximum atomic E-state index is 12.3. The van der Waals surface area contributed by atoms with Gasteiger partial charge < -0.3 is 14.2 Å². The third kappa shape index (κ3) is 3.97. The van der Waals surface area contributed by atoms with Crippen molar-refractivity contribution in [3.8, 4) is 5.75 Å². The first kappa shape index (κ1) is 18.5. The van der Waals surface area contributed by atoms with E-state index in [0.29, 0.717) is 12.2 Å².